The number of carbonyl (C=O) groups is 2. The van der Waals surface area contributed by atoms with Crippen LogP contribution in [0.15, 0.2) is 11.9 Å². The minimum atomic E-state index is -1.01. The van der Waals surface area contributed by atoms with Crippen LogP contribution in [-0.2, 0) is 19.1 Å². The second kappa shape index (κ2) is 4.00. The molecular weight excluding hydrogens is 203 g/mol. The Morgan fingerprint density at radius 3 is 2.53 bits per heavy atom. The summed E-state index contributed by atoms with van der Waals surface area (Å²) in [6.45, 7) is 3.98. The van der Waals surface area contributed by atoms with Crippen molar-refractivity contribution in [1.29, 1.82) is 0 Å². The number of methoxy groups -OCH3 is 1. The molecule has 2 atom stereocenters. The number of carbonyl (C=O) groups excluding carboxylic acids is 2. The van der Waals surface area contributed by atoms with Gasteiger partial charge in [-0.3, -0.25) is 4.79 Å². The zero-order valence-corrected chi connectivity index (χ0v) is 8.82. The Kier molecular flexibility index (Phi) is 3.12. The van der Waals surface area contributed by atoms with Gasteiger partial charge in [-0.05, 0) is 6.08 Å². The van der Waals surface area contributed by atoms with Crippen LogP contribution >= 0.6 is 0 Å². The average molecular weight is 216 g/mol. The Morgan fingerprint density at radius 2 is 2.07 bits per heavy atom. The van der Waals surface area contributed by atoms with Crippen molar-refractivity contribution in [2.24, 2.45) is 11.3 Å². The number of hydrogen-bond donors (Lipinski definition) is 0. The van der Waals surface area contributed by atoms with Crippen molar-refractivity contribution in [2.75, 3.05) is 7.11 Å². The molecule has 0 saturated heterocycles. The van der Waals surface area contributed by atoms with Crippen molar-refractivity contribution >= 4 is 12.4 Å². The maximum Gasteiger partial charge on any atom is 0.366 e. The molecule has 2 unspecified atom stereocenters. The summed E-state index contributed by atoms with van der Waals surface area (Å²) in [6, 6.07) is 0. The van der Waals surface area contributed by atoms with Gasteiger partial charge in [0.05, 0.1) is 7.11 Å². The van der Waals surface area contributed by atoms with Gasteiger partial charge in [-0.2, -0.15) is 4.39 Å². The summed E-state index contributed by atoms with van der Waals surface area (Å²) in [4.78, 5) is 20.9. The van der Waals surface area contributed by atoms with E-state index < -0.39 is 11.8 Å². The van der Waals surface area contributed by atoms with Crippen LogP contribution in [-0.4, -0.2) is 25.7 Å². The molecule has 0 spiro atoms. The molecule has 15 heavy (non-hydrogen) atoms. The highest BCUT2D eigenvalue weighted by Crippen LogP contribution is 2.55. The lowest BCUT2D eigenvalue weighted by Gasteiger charge is -1.97. The van der Waals surface area contributed by atoms with Gasteiger partial charge in [0.25, 0.3) is 6.47 Å². The highest BCUT2D eigenvalue weighted by atomic mass is 19.1. The topological polar surface area (TPSA) is 52.6 Å². The molecule has 0 amide bonds. The monoisotopic (exact) mass is 216 g/mol. The molecule has 0 aromatic rings. The molecule has 0 bridgehead atoms. The van der Waals surface area contributed by atoms with Crippen LogP contribution in [0.5, 0.6) is 0 Å². The van der Waals surface area contributed by atoms with Crippen molar-refractivity contribution in [3.63, 3.8) is 0 Å². The van der Waals surface area contributed by atoms with Crippen molar-refractivity contribution in [3.8, 4) is 0 Å². The van der Waals surface area contributed by atoms with Crippen LogP contribution in [0.25, 0.3) is 0 Å². The van der Waals surface area contributed by atoms with Crippen LogP contribution in [0.4, 0.5) is 4.39 Å². The summed E-state index contributed by atoms with van der Waals surface area (Å²) in [6.07, 6.45) is 0.769. The predicted molar refractivity (Wildman–Crippen MR) is 49.4 cm³/mol. The highest BCUT2D eigenvalue weighted by Gasteiger charge is 2.59. The van der Waals surface area contributed by atoms with Gasteiger partial charge in [0.15, 0.2) is 0 Å². The first-order valence-corrected chi connectivity index (χ1v) is 4.50. The average Bonchev–Trinajstić information content (AvgIpc) is 2.68. The van der Waals surface area contributed by atoms with E-state index in [1.165, 1.54) is 0 Å². The zero-order chi connectivity index (χ0) is 11.6. The molecule has 4 nitrogen and oxygen atoms in total. The number of halogens is 1. The molecule has 1 aliphatic carbocycles. The van der Waals surface area contributed by atoms with Crippen LogP contribution in [0.1, 0.15) is 13.8 Å². The quantitative estimate of drug-likeness (QED) is 0.402. The molecule has 0 N–H and O–H groups in total. The molecular formula is C10H13FO4. The first kappa shape index (κ1) is 11.7. The molecule has 84 valence electrons. The summed E-state index contributed by atoms with van der Waals surface area (Å²) in [5, 5.41) is 0. The lowest BCUT2D eigenvalue weighted by molar-refractivity contribution is -0.137. The smallest absolute Gasteiger partial charge is 0.366 e. The third-order valence-corrected chi connectivity index (χ3v) is 2.72. The van der Waals surface area contributed by atoms with Crippen LogP contribution in [0.2, 0.25) is 0 Å². The van der Waals surface area contributed by atoms with Gasteiger partial charge in [0.1, 0.15) is 6.10 Å². The Hall–Kier alpha value is -1.39. The van der Waals surface area contributed by atoms with E-state index in [1.54, 1.807) is 0 Å². The second-order valence-electron chi connectivity index (χ2n) is 4.01. The van der Waals surface area contributed by atoms with E-state index >= 15 is 0 Å². The largest absolute Gasteiger partial charge is 0.464 e. The second-order valence-corrected chi connectivity index (χ2v) is 4.01. The van der Waals surface area contributed by atoms with Crippen LogP contribution < -0.4 is 0 Å². The summed E-state index contributed by atoms with van der Waals surface area (Å²) in [5.74, 6) is -2.24. The summed E-state index contributed by atoms with van der Waals surface area (Å²) >= 11 is 0. The molecule has 0 radical (unpaired) electrons. The van der Waals surface area contributed by atoms with Crippen molar-refractivity contribution in [3.05, 3.63) is 11.9 Å². The lowest BCUT2D eigenvalue weighted by Crippen LogP contribution is -2.01. The van der Waals surface area contributed by atoms with Gasteiger partial charge in [-0.15, -0.1) is 0 Å². The third kappa shape index (κ3) is 2.16. The van der Waals surface area contributed by atoms with E-state index in [0.717, 1.165) is 13.2 Å². The van der Waals surface area contributed by atoms with E-state index in [9.17, 15) is 14.0 Å². The SMILES string of the molecule is COC(=O)C(F)=CC1C(OC=O)C1(C)C. The normalized spacial score (nSPS) is 28.1. The summed E-state index contributed by atoms with van der Waals surface area (Å²) in [5.41, 5.74) is -0.327. The third-order valence-electron chi connectivity index (χ3n) is 2.72. The standard InChI is InChI=1S/C10H13FO4/c1-10(2)6(8(10)15-5-12)4-7(11)9(13)14-3/h4-6,8H,1-3H3. The van der Waals surface area contributed by atoms with Gasteiger partial charge in [0, 0.05) is 11.3 Å². The Morgan fingerprint density at radius 1 is 1.47 bits per heavy atom. The fourth-order valence-electron chi connectivity index (χ4n) is 1.57. The number of hydrogen-bond acceptors (Lipinski definition) is 4. The zero-order valence-electron chi connectivity index (χ0n) is 8.82. The Bertz CT molecular complexity index is 309. The van der Waals surface area contributed by atoms with E-state index in [2.05, 4.69) is 4.74 Å². The van der Waals surface area contributed by atoms with Crippen LogP contribution in [0, 0.1) is 11.3 Å². The van der Waals surface area contributed by atoms with Crippen LogP contribution in [0.3, 0.4) is 0 Å². The Balaban J connectivity index is 2.68. The number of rotatable bonds is 4. The highest BCUT2D eigenvalue weighted by molar-refractivity contribution is 5.85. The maximum atomic E-state index is 13.1. The fourth-order valence-corrected chi connectivity index (χ4v) is 1.57. The maximum absolute atomic E-state index is 13.1. The van der Waals surface area contributed by atoms with E-state index in [1.807, 2.05) is 13.8 Å². The van der Waals surface area contributed by atoms with Crippen molar-refractivity contribution in [1.82, 2.24) is 0 Å². The van der Waals surface area contributed by atoms with Gasteiger partial charge in [0.2, 0.25) is 5.83 Å². The number of esters is 1. The molecule has 0 aromatic carbocycles. The van der Waals surface area contributed by atoms with E-state index in [-0.39, 0.29) is 17.4 Å². The first-order valence-electron chi connectivity index (χ1n) is 4.50. The minimum absolute atomic E-state index is 0.276. The van der Waals surface area contributed by atoms with E-state index in [0.29, 0.717) is 6.47 Å². The summed E-state index contributed by atoms with van der Waals surface area (Å²) in [7, 11) is 1.10. The lowest BCUT2D eigenvalue weighted by atomic mass is 10.1. The molecule has 5 heteroatoms. The Labute approximate surface area is 87.0 Å². The molecule has 0 aliphatic heterocycles. The predicted octanol–water partition coefficient (Wildman–Crippen LogP) is 1.21. The van der Waals surface area contributed by atoms with Gasteiger partial charge >= 0.3 is 5.97 Å². The van der Waals surface area contributed by atoms with Gasteiger partial charge in [-0.1, -0.05) is 13.8 Å². The number of ether oxygens (including phenoxy) is 2. The molecule has 1 rings (SSSR count). The first-order chi connectivity index (χ1) is 6.95. The molecule has 1 fully saturated rings. The molecule has 1 saturated carbocycles. The van der Waals surface area contributed by atoms with Crippen molar-refractivity contribution in [2.45, 2.75) is 20.0 Å². The molecule has 0 heterocycles. The van der Waals surface area contributed by atoms with E-state index in [4.69, 9.17) is 4.74 Å². The fraction of sp³-hybridized carbons (Fsp3) is 0.600. The molecule has 0 aromatic heterocycles. The van der Waals surface area contributed by atoms with Gasteiger partial charge < -0.3 is 9.47 Å². The summed E-state index contributed by atoms with van der Waals surface area (Å²) < 4.78 is 22.0. The molecule has 1 aliphatic rings. The minimum Gasteiger partial charge on any atom is -0.464 e. The van der Waals surface area contributed by atoms with Crippen molar-refractivity contribution < 1.29 is 23.5 Å². The van der Waals surface area contributed by atoms with Gasteiger partial charge in [-0.25, -0.2) is 4.79 Å².